The van der Waals surface area contributed by atoms with E-state index >= 15 is 0 Å². The van der Waals surface area contributed by atoms with Crippen molar-refractivity contribution in [2.75, 3.05) is 13.2 Å². The van der Waals surface area contributed by atoms with E-state index in [9.17, 15) is 0 Å². The Labute approximate surface area is 138 Å². The number of hydrogen-bond acceptors (Lipinski definition) is 2. The smallest absolute Gasteiger partial charge is 0.162 e. The summed E-state index contributed by atoms with van der Waals surface area (Å²) in [5.41, 5.74) is 4.72. The fourth-order valence-electron chi connectivity index (χ4n) is 2.66. The fourth-order valence-corrected chi connectivity index (χ4v) is 4.15. The molecule has 0 amide bonds. The second kappa shape index (κ2) is 5.90. The van der Waals surface area contributed by atoms with E-state index in [0.29, 0.717) is 18.2 Å². The van der Waals surface area contributed by atoms with Gasteiger partial charge >= 0.3 is 0 Å². The largest absolute Gasteiger partial charge is 0.486 e. The molecule has 1 heterocycles. The Morgan fingerprint density at radius 2 is 1.62 bits per heavy atom. The quantitative estimate of drug-likeness (QED) is 0.678. The van der Waals surface area contributed by atoms with E-state index < -0.39 is 0 Å². The third kappa shape index (κ3) is 2.77. The lowest BCUT2D eigenvalue weighted by molar-refractivity contribution is 0.171. The first kappa shape index (κ1) is 14.7. The van der Waals surface area contributed by atoms with Gasteiger partial charge < -0.3 is 9.47 Å². The molecule has 0 N–H and O–H groups in total. The van der Waals surface area contributed by atoms with Crippen molar-refractivity contribution in [1.29, 1.82) is 0 Å². The minimum atomic E-state index is 0.0297. The van der Waals surface area contributed by atoms with Crippen LogP contribution in [0.1, 0.15) is 27.1 Å². The number of hydrogen-bond donors (Lipinski definition) is 0. The molecule has 3 rings (SSSR count). The van der Waals surface area contributed by atoms with Gasteiger partial charge in [-0.1, -0.05) is 45.7 Å². The monoisotopic (exact) mass is 366 g/mol. The highest BCUT2D eigenvalue weighted by molar-refractivity contribution is 9.09. The van der Waals surface area contributed by atoms with Crippen LogP contribution in [0, 0.1) is 13.8 Å². The SMILES string of the molecule is Cc1cccc(C)c1C(Br)c1cc2c(cc1Cl)OCCO2. The van der Waals surface area contributed by atoms with E-state index in [4.69, 9.17) is 21.1 Å². The zero-order valence-electron chi connectivity index (χ0n) is 12.0. The number of halogens is 2. The molecule has 0 bridgehead atoms. The zero-order chi connectivity index (χ0) is 15.0. The first-order valence-electron chi connectivity index (χ1n) is 6.87. The molecule has 1 aliphatic heterocycles. The van der Waals surface area contributed by atoms with Crippen LogP contribution in [-0.4, -0.2) is 13.2 Å². The predicted molar refractivity (Wildman–Crippen MR) is 89.1 cm³/mol. The molecule has 2 aromatic carbocycles. The number of ether oxygens (including phenoxy) is 2. The van der Waals surface area contributed by atoms with Gasteiger partial charge in [-0.05, 0) is 42.2 Å². The van der Waals surface area contributed by atoms with Crippen LogP contribution in [0.3, 0.4) is 0 Å². The number of fused-ring (bicyclic) bond motifs is 1. The molecular formula is C17H16BrClO2. The zero-order valence-corrected chi connectivity index (χ0v) is 14.3. The average molecular weight is 368 g/mol. The van der Waals surface area contributed by atoms with Crippen LogP contribution in [0.2, 0.25) is 5.02 Å². The molecule has 2 aromatic rings. The van der Waals surface area contributed by atoms with Crippen LogP contribution in [0.4, 0.5) is 0 Å². The van der Waals surface area contributed by atoms with Crippen LogP contribution >= 0.6 is 27.5 Å². The summed E-state index contributed by atoms with van der Waals surface area (Å²) < 4.78 is 11.2. The van der Waals surface area contributed by atoms with Gasteiger partial charge in [-0.15, -0.1) is 0 Å². The van der Waals surface area contributed by atoms with Crippen LogP contribution in [0.5, 0.6) is 11.5 Å². The summed E-state index contributed by atoms with van der Waals surface area (Å²) in [6, 6.07) is 10.1. The topological polar surface area (TPSA) is 18.5 Å². The second-order valence-electron chi connectivity index (χ2n) is 5.19. The Bertz CT molecular complexity index is 664. The van der Waals surface area contributed by atoms with Crippen molar-refractivity contribution in [2.24, 2.45) is 0 Å². The van der Waals surface area contributed by atoms with Gasteiger partial charge in [0.1, 0.15) is 13.2 Å². The Hall–Kier alpha value is -1.19. The summed E-state index contributed by atoms with van der Waals surface area (Å²) in [5, 5.41) is 0.684. The summed E-state index contributed by atoms with van der Waals surface area (Å²) in [7, 11) is 0. The van der Waals surface area contributed by atoms with Crippen molar-refractivity contribution in [3.05, 3.63) is 57.6 Å². The number of rotatable bonds is 2. The van der Waals surface area contributed by atoms with Crippen molar-refractivity contribution in [3.63, 3.8) is 0 Å². The Morgan fingerprint density at radius 1 is 1.05 bits per heavy atom. The highest BCUT2D eigenvalue weighted by atomic mass is 79.9. The van der Waals surface area contributed by atoms with Crippen molar-refractivity contribution < 1.29 is 9.47 Å². The van der Waals surface area contributed by atoms with Crippen LogP contribution < -0.4 is 9.47 Å². The molecule has 0 saturated carbocycles. The minimum Gasteiger partial charge on any atom is -0.486 e. The van der Waals surface area contributed by atoms with Gasteiger partial charge in [-0.3, -0.25) is 0 Å². The molecule has 0 aliphatic carbocycles. The lowest BCUT2D eigenvalue weighted by Crippen LogP contribution is -2.15. The van der Waals surface area contributed by atoms with Crippen molar-refractivity contribution in [2.45, 2.75) is 18.7 Å². The Kier molecular flexibility index (Phi) is 4.14. The van der Waals surface area contributed by atoms with E-state index in [0.717, 1.165) is 17.1 Å². The van der Waals surface area contributed by atoms with Crippen molar-refractivity contribution in [3.8, 4) is 11.5 Å². The lowest BCUT2D eigenvalue weighted by Gasteiger charge is -2.22. The third-order valence-corrected chi connectivity index (χ3v) is 5.01. The molecule has 2 nitrogen and oxygen atoms in total. The highest BCUT2D eigenvalue weighted by Crippen LogP contribution is 2.43. The van der Waals surface area contributed by atoms with Crippen molar-refractivity contribution in [1.82, 2.24) is 0 Å². The van der Waals surface area contributed by atoms with E-state index in [1.807, 2.05) is 12.1 Å². The second-order valence-corrected chi connectivity index (χ2v) is 6.51. The standard InChI is InChI=1S/C17H16BrClO2/c1-10-4-3-5-11(2)16(10)17(18)12-8-14-15(9-13(12)19)21-7-6-20-14/h3-5,8-9,17H,6-7H2,1-2H3. The van der Waals surface area contributed by atoms with E-state index in [1.165, 1.54) is 16.7 Å². The first-order chi connectivity index (χ1) is 10.1. The molecule has 110 valence electrons. The van der Waals surface area contributed by atoms with Crippen LogP contribution in [0.15, 0.2) is 30.3 Å². The first-order valence-corrected chi connectivity index (χ1v) is 8.16. The van der Waals surface area contributed by atoms with E-state index in [-0.39, 0.29) is 4.83 Å². The molecule has 0 spiro atoms. The maximum absolute atomic E-state index is 6.45. The van der Waals surface area contributed by atoms with E-state index in [2.05, 4.69) is 48.0 Å². The van der Waals surface area contributed by atoms with Gasteiger partial charge in [0.2, 0.25) is 0 Å². The number of benzene rings is 2. The predicted octanol–water partition coefficient (Wildman–Crippen LogP) is 5.21. The van der Waals surface area contributed by atoms with Crippen molar-refractivity contribution >= 4 is 27.5 Å². The van der Waals surface area contributed by atoms with Gasteiger partial charge in [0, 0.05) is 11.1 Å². The third-order valence-electron chi connectivity index (χ3n) is 3.73. The maximum Gasteiger partial charge on any atom is 0.162 e. The van der Waals surface area contributed by atoms with Crippen LogP contribution in [0.25, 0.3) is 0 Å². The normalized spacial score (nSPS) is 14.9. The molecule has 4 heteroatoms. The van der Waals surface area contributed by atoms with Gasteiger partial charge in [0.25, 0.3) is 0 Å². The molecule has 0 aromatic heterocycles. The fraction of sp³-hybridized carbons (Fsp3) is 0.294. The Balaban J connectivity index is 2.07. The maximum atomic E-state index is 6.45. The molecule has 1 aliphatic rings. The molecule has 1 unspecified atom stereocenters. The summed E-state index contributed by atoms with van der Waals surface area (Å²) in [5.74, 6) is 1.48. The molecule has 0 fully saturated rings. The average Bonchev–Trinajstić information content (AvgIpc) is 2.46. The summed E-state index contributed by atoms with van der Waals surface area (Å²) in [6.45, 7) is 5.37. The molecular weight excluding hydrogens is 352 g/mol. The van der Waals surface area contributed by atoms with Gasteiger partial charge in [0.05, 0.1) is 4.83 Å². The van der Waals surface area contributed by atoms with Crippen LogP contribution in [-0.2, 0) is 0 Å². The number of aryl methyl sites for hydroxylation is 2. The molecule has 1 atom stereocenters. The lowest BCUT2D eigenvalue weighted by atomic mass is 9.96. The minimum absolute atomic E-state index is 0.0297. The van der Waals surface area contributed by atoms with Gasteiger partial charge in [-0.2, -0.15) is 0 Å². The highest BCUT2D eigenvalue weighted by Gasteiger charge is 2.22. The Morgan fingerprint density at radius 3 is 2.24 bits per heavy atom. The summed E-state index contributed by atoms with van der Waals surface area (Å²) >= 11 is 10.2. The summed E-state index contributed by atoms with van der Waals surface area (Å²) in [6.07, 6.45) is 0. The molecule has 21 heavy (non-hydrogen) atoms. The summed E-state index contributed by atoms with van der Waals surface area (Å²) in [4.78, 5) is 0.0297. The number of alkyl halides is 1. The van der Waals surface area contributed by atoms with E-state index in [1.54, 1.807) is 0 Å². The molecule has 0 radical (unpaired) electrons. The van der Waals surface area contributed by atoms with Gasteiger partial charge in [0.15, 0.2) is 11.5 Å². The molecule has 0 saturated heterocycles. The van der Waals surface area contributed by atoms with Gasteiger partial charge in [-0.25, -0.2) is 0 Å².